The van der Waals surface area contributed by atoms with Crippen molar-refractivity contribution in [2.24, 2.45) is 0 Å². The Balaban J connectivity index is 0.000000211. The van der Waals surface area contributed by atoms with Gasteiger partial charge in [-0.3, -0.25) is 0 Å². The third-order valence-electron chi connectivity index (χ3n) is 2.59. The van der Waals surface area contributed by atoms with E-state index in [1.165, 1.54) is 17.7 Å². The number of quaternary nitrogens is 1. The Hall–Kier alpha value is -1.95. The monoisotopic (exact) mass is 305 g/mol. The highest BCUT2D eigenvalue weighted by Crippen LogP contribution is 2.08. The minimum absolute atomic E-state index is 0.178. The molecule has 0 heterocycles. The largest absolute Gasteiger partial charge is 0.744 e. The average Bonchev–Trinajstić information content (AvgIpc) is 2.46. The summed E-state index contributed by atoms with van der Waals surface area (Å²) in [6, 6.07) is 16.0. The lowest BCUT2D eigenvalue weighted by molar-refractivity contribution is -0.352. The van der Waals surface area contributed by atoms with E-state index in [9.17, 15) is 13.0 Å². The highest BCUT2D eigenvalue weighted by molar-refractivity contribution is 7.85. The van der Waals surface area contributed by atoms with Crippen molar-refractivity contribution in [3.05, 3.63) is 71.8 Å². The predicted molar refractivity (Wildman–Crippen MR) is 82.4 cm³/mol. The Morgan fingerprint density at radius 3 is 2.10 bits per heavy atom. The first kappa shape index (κ1) is 17.1. The Bertz CT molecular complexity index is 662. The first-order valence-corrected chi connectivity index (χ1v) is 7.87. The van der Waals surface area contributed by atoms with Crippen LogP contribution in [-0.2, 0) is 10.1 Å². The van der Waals surface area contributed by atoms with Gasteiger partial charge in [0.05, 0.1) is 11.4 Å². The third-order valence-corrected chi connectivity index (χ3v) is 3.44. The lowest BCUT2D eigenvalue weighted by Gasteiger charge is -2.05. The van der Waals surface area contributed by atoms with Crippen molar-refractivity contribution in [3.63, 3.8) is 0 Å². The molecule has 3 N–H and O–H groups in total. The number of aryl methyl sites for hydroxylation is 1. The van der Waals surface area contributed by atoms with Gasteiger partial charge in [0.25, 0.3) is 0 Å². The molecule has 0 atom stereocenters. The van der Waals surface area contributed by atoms with E-state index in [4.69, 9.17) is 0 Å². The van der Waals surface area contributed by atoms with Crippen molar-refractivity contribution in [1.82, 2.24) is 0 Å². The van der Waals surface area contributed by atoms with Gasteiger partial charge in [0.2, 0.25) is 0 Å². The molecule has 0 aliphatic rings. The average molecular weight is 305 g/mol. The van der Waals surface area contributed by atoms with Crippen LogP contribution in [0.5, 0.6) is 0 Å². The van der Waals surface area contributed by atoms with E-state index in [2.05, 4.69) is 30.0 Å². The van der Waals surface area contributed by atoms with Crippen LogP contribution >= 0.6 is 0 Å². The fourth-order valence-electron chi connectivity index (χ4n) is 1.49. The summed E-state index contributed by atoms with van der Waals surface area (Å²) in [7, 11) is -4.27. The summed E-state index contributed by atoms with van der Waals surface area (Å²) in [6.07, 6.45) is 4.13. The number of rotatable bonds is 3. The van der Waals surface area contributed by atoms with E-state index >= 15 is 0 Å². The second-order valence-corrected chi connectivity index (χ2v) is 5.75. The molecular formula is C16H19NO3S. The van der Waals surface area contributed by atoms with Crippen molar-refractivity contribution in [3.8, 4) is 0 Å². The Labute approximate surface area is 125 Å². The fraction of sp³-hybridized carbons (Fsp3) is 0.125. The van der Waals surface area contributed by atoms with Crippen molar-refractivity contribution in [1.29, 1.82) is 0 Å². The van der Waals surface area contributed by atoms with Gasteiger partial charge in [-0.2, -0.15) is 0 Å². The maximum absolute atomic E-state index is 10.4. The molecule has 5 heteroatoms. The minimum Gasteiger partial charge on any atom is -0.744 e. The van der Waals surface area contributed by atoms with E-state index in [1.54, 1.807) is 12.1 Å². The molecule has 0 aliphatic heterocycles. The molecule has 112 valence electrons. The summed E-state index contributed by atoms with van der Waals surface area (Å²) in [4.78, 5) is -0.178. The zero-order chi connectivity index (χ0) is 15.7. The van der Waals surface area contributed by atoms with Crippen molar-refractivity contribution < 1.29 is 18.7 Å². The van der Waals surface area contributed by atoms with Crippen LogP contribution in [0.1, 0.15) is 11.1 Å². The molecule has 4 nitrogen and oxygen atoms in total. The predicted octanol–water partition coefficient (Wildman–Crippen LogP) is 1.84. The number of hydrogen-bond donors (Lipinski definition) is 1. The van der Waals surface area contributed by atoms with Gasteiger partial charge < -0.3 is 10.3 Å². The second-order valence-electron chi connectivity index (χ2n) is 4.37. The normalized spacial score (nSPS) is 11.0. The highest BCUT2D eigenvalue weighted by atomic mass is 32.2. The fourth-order valence-corrected chi connectivity index (χ4v) is 1.96. The zero-order valence-corrected chi connectivity index (χ0v) is 12.7. The zero-order valence-electron chi connectivity index (χ0n) is 11.9. The van der Waals surface area contributed by atoms with Crippen molar-refractivity contribution in [2.75, 3.05) is 6.54 Å². The highest BCUT2D eigenvalue weighted by Gasteiger charge is 1.97. The molecule has 0 saturated heterocycles. The molecule has 0 saturated carbocycles. The van der Waals surface area contributed by atoms with Crippen LogP contribution in [0.15, 0.2) is 65.6 Å². The van der Waals surface area contributed by atoms with Crippen LogP contribution in [0.3, 0.4) is 0 Å². The molecule has 2 aromatic rings. The van der Waals surface area contributed by atoms with E-state index in [1.807, 2.05) is 25.1 Å². The maximum Gasteiger partial charge on any atom is 0.124 e. The summed E-state index contributed by atoms with van der Waals surface area (Å²) in [5.41, 5.74) is 5.88. The smallest absolute Gasteiger partial charge is 0.124 e. The quantitative estimate of drug-likeness (QED) is 0.878. The molecule has 0 fully saturated rings. The lowest BCUT2D eigenvalue weighted by Crippen LogP contribution is -2.48. The van der Waals surface area contributed by atoms with Crippen molar-refractivity contribution in [2.45, 2.75) is 11.8 Å². The Morgan fingerprint density at radius 2 is 1.62 bits per heavy atom. The number of hydrogen-bond acceptors (Lipinski definition) is 3. The van der Waals surface area contributed by atoms with Crippen LogP contribution in [0.25, 0.3) is 6.08 Å². The molecule has 2 aromatic carbocycles. The summed E-state index contributed by atoms with van der Waals surface area (Å²) >= 11 is 0. The summed E-state index contributed by atoms with van der Waals surface area (Å²) < 4.78 is 31.2. The van der Waals surface area contributed by atoms with E-state index < -0.39 is 10.1 Å². The molecular weight excluding hydrogens is 286 g/mol. The first-order chi connectivity index (χ1) is 9.93. The standard InChI is InChI=1S/C9H11N.C7H8O3S/c10-8-4-7-9-5-2-1-3-6-9;1-6-2-4-7(5-3-6)11(8,9)10/h1-7H,8,10H2;2-5H,1H3,(H,8,9,10)/b7-4-;. The summed E-state index contributed by atoms with van der Waals surface area (Å²) in [5.74, 6) is 0. The van der Waals surface area contributed by atoms with Gasteiger partial charge >= 0.3 is 0 Å². The summed E-state index contributed by atoms with van der Waals surface area (Å²) in [5, 5.41) is 0. The van der Waals surface area contributed by atoms with Gasteiger partial charge in [-0.1, -0.05) is 54.1 Å². The molecule has 21 heavy (non-hydrogen) atoms. The van der Waals surface area contributed by atoms with Gasteiger partial charge in [0.15, 0.2) is 0 Å². The molecule has 0 amide bonds. The van der Waals surface area contributed by atoms with Gasteiger partial charge in [0, 0.05) is 0 Å². The third kappa shape index (κ3) is 6.85. The molecule has 0 aliphatic carbocycles. The number of benzene rings is 2. The molecule has 0 radical (unpaired) electrons. The van der Waals surface area contributed by atoms with Crippen molar-refractivity contribution >= 4 is 16.2 Å². The second kappa shape index (κ2) is 8.36. The van der Waals surface area contributed by atoms with Crippen LogP contribution in [0, 0.1) is 6.92 Å². The first-order valence-electron chi connectivity index (χ1n) is 6.47. The Kier molecular flexibility index (Phi) is 6.81. The molecule has 0 unspecified atom stereocenters. The van der Waals surface area contributed by atoms with E-state index in [0.717, 1.165) is 12.1 Å². The molecule has 0 bridgehead atoms. The SMILES string of the molecule is Cc1ccc(S(=O)(=O)[O-])cc1.[NH3+]C/C=C\c1ccccc1. The molecule has 0 aromatic heterocycles. The van der Waals surface area contributed by atoms with Crippen LogP contribution < -0.4 is 5.73 Å². The summed E-state index contributed by atoms with van der Waals surface area (Å²) in [6.45, 7) is 2.68. The van der Waals surface area contributed by atoms with Gasteiger partial charge in [0.1, 0.15) is 10.1 Å². The lowest BCUT2D eigenvalue weighted by atomic mass is 10.2. The maximum atomic E-state index is 10.4. The topological polar surface area (TPSA) is 84.8 Å². The van der Waals surface area contributed by atoms with Gasteiger partial charge in [-0.15, -0.1) is 0 Å². The van der Waals surface area contributed by atoms with Gasteiger partial charge in [-0.25, -0.2) is 8.42 Å². The Morgan fingerprint density at radius 1 is 1.05 bits per heavy atom. The van der Waals surface area contributed by atoms with Crippen LogP contribution in [0.2, 0.25) is 0 Å². The van der Waals surface area contributed by atoms with Crippen LogP contribution in [0.4, 0.5) is 0 Å². The molecule has 2 rings (SSSR count). The van der Waals surface area contributed by atoms with Crippen LogP contribution in [-0.4, -0.2) is 19.5 Å². The van der Waals surface area contributed by atoms with E-state index in [-0.39, 0.29) is 4.90 Å². The van der Waals surface area contributed by atoms with Gasteiger partial charge in [-0.05, 0) is 30.7 Å². The minimum atomic E-state index is -4.27. The molecule has 0 spiro atoms. The van der Waals surface area contributed by atoms with E-state index in [0.29, 0.717) is 0 Å².